The molecule has 0 amide bonds. The lowest BCUT2D eigenvalue weighted by Crippen LogP contribution is -2.34. The van der Waals surface area contributed by atoms with E-state index >= 15 is 0 Å². The Hall–Kier alpha value is -0.220. The monoisotopic (exact) mass is 260 g/mol. The Bertz CT molecular complexity index is 252. The second-order valence-electron chi connectivity index (χ2n) is 5.86. The molecule has 1 fully saturated rings. The molecule has 1 aliphatic rings. The molecule has 1 N–H and O–H groups in total. The van der Waals surface area contributed by atoms with Crippen LogP contribution in [-0.2, 0) is 9.53 Å². The van der Waals surface area contributed by atoms with Crippen molar-refractivity contribution < 1.29 is 14.6 Å². The molecule has 0 bridgehead atoms. The SMILES string of the molecule is CC(C)(C)OC(=O)CSCC1(O)CCCCC1. The van der Waals surface area contributed by atoms with Gasteiger partial charge in [0.15, 0.2) is 0 Å². The fraction of sp³-hybridized carbons (Fsp3) is 0.923. The van der Waals surface area contributed by atoms with Gasteiger partial charge in [-0.2, -0.15) is 0 Å². The number of hydrogen-bond donors (Lipinski definition) is 1. The lowest BCUT2D eigenvalue weighted by atomic mass is 9.86. The first-order valence-corrected chi connectivity index (χ1v) is 7.48. The third-order valence-electron chi connectivity index (χ3n) is 2.79. The smallest absolute Gasteiger partial charge is 0.316 e. The van der Waals surface area contributed by atoms with E-state index in [1.807, 2.05) is 20.8 Å². The Labute approximate surface area is 108 Å². The standard InChI is InChI=1S/C13H24O3S/c1-12(2,3)16-11(14)9-17-10-13(15)7-5-4-6-8-13/h15H,4-10H2,1-3H3. The minimum absolute atomic E-state index is 0.193. The van der Waals surface area contributed by atoms with Crippen LogP contribution in [-0.4, -0.2) is 33.8 Å². The van der Waals surface area contributed by atoms with Crippen molar-refractivity contribution in [3.05, 3.63) is 0 Å². The van der Waals surface area contributed by atoms with E-state index in [2.05, 4.69) is 0 Å². The average molecular weight is 260 g/mol. The van der Waals surface area contributed by atoms with Gasteiger partial charge in [-0.25, -0.2) is 0 Å². The van der Waals surface area contributed by atoms with Gasteiger partial charge in [0.2, 0.25) is 0 Å². The summed E-state index contributed by atoms with van der Waals surface area (Å²) in [5, 5.41) is 10.2. The summed E-state index contributed by atoms with van der Waals surface area (Å²) in [5.74, 6) is 0.785. The number of thioether (sulfide) groups is 1. The summed E-state index contributed by atoms with van der Waals surface area (Å²) in [6, 6.07) is 0. The highest BCUT2D eigenvalue weighted by Crippen LogP contribution is 2.31. The summed E-state index contributed by atoms with van der Waals surface area (Å²) >= 11 is 1.48. The molecule has 0 saturated heterocycles. The summed E-state index contributed by atoms with van der Waals surface area (Å²) in [4.78, 5) is 11.5. The lowest BCUT2D eigenvalue weighted by molar-refractivity contribution is -0.151. The van der Waals surface area contributed by atoms with Gasteiger partial charge in [-0.1, -0.05) is 19.3 Å². The van der Waals surface area contributed by atoms with Crippen LogP contribution in [0.5, 0.6) is 0 Å². The van der Waals surface area contributed by atoms with Gasteiger partial charge in [0, 0.05) is 5.75 Å². The third kappa shape index (κ3) is 6.32. The van der Waals surface area contributed by atoms with Gasteiger partial charge >= 0.3 is 5.97 Å². The molecule has 0 aromatic rings. The molecule has 0 unspecified atom stereocenters. The third-order valence-corrected chi connectivity index (χ3v) is 3.98. The van der Waals surface area contributed by atoms with Crippen molar-refractivity contribution in [2.75, 3.05) is 11.5 Å². The average Bonchev–Trinajstić information content (AvgIpc) is 2.15. The van der Waals surface area contributed by atoms with Crippen LogP contribution < -0.4 is 0 Å². The Balaban J connectivity index is 2.20. The second-order valence-corrected chi connectivity index (χ2v) is 6.85. The van der Waals surface area contributed by atoms with E-state index in [4.69, 9.17) is 4.74 Å². The van der Waals surface area contributed by atoms with E-state index < -0.39 is 11.2 Å². The molecule has 1 saturated carbocycles. The van der Waals surface area contributed by atoms with Gasteiger partial charge in [-0.15, -0.1) is 11.8 Å². The zero-order chi connectivity index (χ0) is 12.9. The molecule has 0 aliphatic heterocycles. The van der Waals surface area contributed by atoms with E-state index in [0.29, 0.717) is 11.5 Å². The van der Waals surface area contributed by atoms with Crippen LogP contribution in [0.15, 0.2) is 0 Å². The van der Waals surface area contributed by atoms with Crippen LogP contribution >= 0.6 is 11.8 Å². The number of rotatable bonds is 4. The van der Waals surface area contributed by atoms with Crippen molar-refractivity contribution >= 4 is 17.7 Å². The number of aliphatic hydroxyl groups is 1. The maximum atomic E-state index is 11.5. The van der Waals surface area contributed by atoms with Crippen LogP contribution in [0.3, 0.4) is 0 Å². The summed E-state index contributed by atoms with van der Waals surface area (Å²) in [6.45, 7) is 5.60. The van der Waals surface area contributed by atoms with Crippen molar-refractivity contribution in [2.45, 2.75) is 64.1 Å². The summed E-state index contributed by atoms with van der Waals surface area (Å²) in [6.07, 6.45) is 5.16. The van der Waals surface area contributed by atoms with Gasteiger partial charge in [-0.3, -0.25) is 4.79 Å². The number of esters is 1. The van der Waals surface area contributed by atoms with Crippen molar-refractivity contribution in [1.82, 2.24) is 0 Å². The molecular weight excluding hydrogens is 236 g/mol. The molecule has 1 rings (SSSR count). The highest BCUT2D eigenvalue weighted by atomic mass is 32.2. The van der Waals surface area contributed by atoms with E-state index in [9.17, 15) is 9.90 Å². The normalized spacial score (nSPS) is 20.0. The molecule has 0 heterocycles. The maximum absolute atomic E-state index is 11.5. The van der Waals surface area contributed by atoms with Gasteiger partial charge in [0.1, 0.15) is 5.60 Å². The Morgan fingerprint density at radius 1 is 1.29 bits per heavy atom. The highest BCUT2D eigenvalue weighted by molar-refractivity contribution is 8.00. The fourth-order valence-corrected chi connectivity index (χ4v) is 3.05. The first-order valence-electron chi connectivity index (χ1n) is 6.33. The number of carbonyl (C=O) groups excluding carboxylic acids is 1. The van der Waals surface area contributed by atoms with Crippen LogP contribution in [0.4, 0.5) is 0 Å². The molecule has 1 aliphatic carbocycles. The topological polar surface area (TPSA) is 46.5 Å². The number of carbonyl (C=O) groups is 1. The Morgan fingerprint density at radius 3 is 2.41 bits per heavy atom. The Morgan fingerprint density at radius 2 is 1.88 bits per heavy atom. The van der Waals surface area contributed by atoms with Gasteiger partial charge in [0.25, 0.3) is 0 Å². The summed E-state index contributed by atoms with van der Waals surface area (Å²) in [5.41, 5.74) is -0.968. The predicted molar refractivity (Wildman–Crippen MR) is 71.2 cm³/mol. The molecule has 3 nitrogen and oxygen atoms in total. The van der Waals surface area contributed by atoms with E-state index in [0.717, 1.165) is 25.7 Å². The molecule has 0 aromatic heterocycles. The van der Waals surface area contributed by atoms with Gasteiger partial charge in [0.05, 0.1) is 11.4 Å². The molecule has 17 heavy (non-hydrogen) atoms. The molecule has 4 heteroatoms. The minimum Gasteiger partial charge on any atom is -0.459 e. The van der Waals surface area contributed by atoms with Crippen LogP contribution in [0.25, 0.3) is 0 Å². The van der Waals surface area contributed by atoms with Crippen molar-refractivity contribution in [1.29, 1.82) is 0 Å². The first-order chi connectivity index (χ1) is 7.81. The van der Waals surface area contributed by atoms with Crippen LogP contribution in [0, 0.1) is 0 Å². The Kier molecular flexibility index (Phi) is 5.32. The van der Waals surface area contributed by atoms with E-state index in [1.165, 1.54) is 18.2 Å². The zero-order valence-corrected chi connectivity index (χ0v) is 11.9. The largest absolute Gasteiger partial charge is 0.459 e. The van der Waals surface area contributed by atoms with Crippen molar-refractivity contribution in [3.63, 3.8) is 0 Å². The molecular formula is C13H24O3S. The quantitative estimate of drug-likeness (QED) is 0.790. The van der Waals surface area contributed by atoms with Gasteiger partial charge in [-0.05, 0) is 33.6 Å². The maximum Gasteiger partial charge on any atom is 0.316 e. The zero-order valence-electron chi connectivity index (χ0n) is 11.1. The van der Waals surface area contributed by atoms with Crippen LogP contribution in [0.1, 0.15) is 52.9 Å². The minimum atomic E-state index is -0.551. The molecule has 0 atom stereocenters. The fourth-order valence-electron chi connectivity index (χ4n) is 2.05. The molecule has 0 spiro atoms. The summed E-state index contributed by atoms with van der Waals surface area (Å²) < 4.78 is 5.22. The highest BCUT2D eigenvalue weighted by Gasteiger charge is 2.29. The molecule has 0 aromatic carbocycles. The lowest BCUT2D eigenvalue weighted by Gasteiger charge is -2.31. The molecule has 0 radical (unpaired) electrons. The number of hydrogen-bond acceptors (Lipinski definition) is 4. The van der Waals surface area contributed by atoms with Crippen molar-refractivity contribution in [2.24, 2.45) is 0 Å². The second kappa shape index (κ2) is 6.10. The van der Waals surface area contributed by atoms with Crippen LogP contribution in [0.2, 0.25) is 0 Å². The predicted octanol–water partition coefficient (Wildman–Crippen LogP) is 2.76. The first kappa shape index (κ1) is 14.8. The van der Waals surface area contributed by atoms with Crippen molar-refractivity contribution in [3.8, 4) is 0 Å². The molecule has 100 valence electrons. The van der Waals surface area contributed by atoms with E-state index in [-0.39, 0.29) is 5.97 Å². The van der Waals surface area contributed by atoms with Gasteiger partial charge < -0.3 is 9.84 Å². The number of ether oxygens (including phenoxy) is 1. The van der Waals surface area contributed by atoms with E-state index in [1.54, 1.807) is 0 Å². The summed E-state index contributed by atoms with van der Waals surface area (Å²) in [7, 11) is 0.